The van der Waals surface area contributed by atoms with Crippen LogP contribution in [-0.2, 0) is 9.31 Å². The van der Waals surface area contributed by atoms with Crippen molar-refractivity contribution in [3.8, 4) is 5.75 Å². The van der Waals surface area contributed by atoms with Gasteiger partial charge in [0, 0.05) is 5.56 Å². The summed E-state index contributed by atoms with van der Waals surface area (Å²) in [6.07, 6.45) is 3.35. The minimum Gasteiger partial charge on any atom is -0.497 e. The van der Waals surface area contributed by atoms with E-state index < -0.39 is 18.3 Å². The Morgan fingerprint density at radius 2 is 1.67 bits per heavy atom. The number of carbonyl (C=O) groups excluding carboxylic acids is 1. The fourth-order valence-electron chi connectivity index (χ4n) is 2.90. The molecule has 1 heterocycles. The van der Waals surface area contributed by atoms with Crippen molar-refractivity contribution in [3.05, 3.63) is 65.7 Å². The molecule has 1 saturated heterocycles. The standard InChI is InChI=1S/C22H25BO4/c1-21(2)22(3,4)27-23(26-21)19-12-7-6-11-18(19)20(24)14-13-16-9-8-10-17(15-16)25-5/h6-15H,1-5H3/b14-13+. The van der Waals surface area contributed by atoms with Crippen molar-refractivity contribution in [2.24, 2.45) is 0 Å². The summed E-state index contributed by atoms with van der Waals surface area (Å²) in [6.45, 7) is 8.00. The van der Waals surface area contributed by atoms with Crippen LogP contribution in [0.2, 0.25) is 0 Å². The summed E-state index contributed by atoms with van der Waals surface area (Å²) in [7, 11) is 1.05. The molecule has 140 valence electrons. The number of hydrogen-bond acceptors (Lipinski definition) is 4. The third-order valence-electron chi connectivity index (χ3n) is 5.25. The molecule has 27 heavy (non-hydrogen) atoms. The van der Waals surface area contributed by atoms with Crippen molar-refractivity contribution in [2.75, 3.05) is 7.11 Å². The van der Waals surface area contributed by atoms with Gasteiger partial charge in [0.1, 0.15) is 5.75 Å². The summed E-state index contributed by atoms with van der Waals surface area (Å²) in [5, 5.41) is 0. The van der Waals surface area contributed by atoms with E-state index in [1.165, 1.54) is 0 Å². The topological polar surface area (TPSA) is 44.8 Å². The lowest BCUT2D eigenvalue weighted by molar-refractivity contribution is 0.00578. The molecule has 0 amide bonds. The van der Waals surface area contributed by atoms with Gasteiger partial charge < -0.3 is 14.0 Å². The molecule has 1 aliphatic heterocycles. The fourth-order valence-corrected chi connectivity index (χ4v) is 2.90. The molecule has 1 aliphatic rings. The third kappa shape index (κ3) is 3.99. The van der Waals surface area contributed by atoms with Crippen LogP contribution < -0.4 is 10.2 Å². The van der Waals surface area contributed by atoms with Crippen LogP contribution in [0.25, 0.3) is 6.08 Å². The molecule has 0 saturated carbocycles. The van der Waals surface area contributed by atoms with Gasteiger partial charge in [-0.1, -0.05) is 42.5 Å². The molecule has 0 radical (unpaired) electrons. The average Bonchev–Trinajstić information content (AvgIpc) is 2.87. The van der Waals surface area contributed by atoms with E-state index in [1.807, 2.05) is 70.2 Å². The molecular weight excluding hydrogens is 339 g/mol. The van der Waals surface area contributed by atoms with Gasteiger partial charge in [-0.2, -0.15) is 0 Å². The smallest absolute Gasteiger partial charge is 0.495 e. The van der Waals surface area contributed by atoms with E-state index in [0.29, 0.717) is 5.56 Å². The quantitative estimate of drug-likeness (QED) is 0.459. The Labute approximate surface area is 161 Å². The molecular formula is C22H25BO4. The Morgan fingerprint density at radius 3 is 2.33 bits per heavy atom. The van der Waals surface area contributed by atoms with Crippen LogP contribution in [0.4, 0.5) is 0 Å². The van der Waals surface area contributed by atoms with E-state index >= 15 is 0 Å². The minimum absolute atomic E-state index is 0.0943. The highest BCUT2D eigenvalue weighted by atomic mass is 16.7. The van der Waals surface area contributed by atoms with E-state index in [9.17, 15) is 4.79 Å². The maximum atomic E-state index is 12.8. The molecule has 0 aromatic heterocycles. The van der Waals surface area contributed by atoms with Crippen LogP contribution in [0.3, 0.4) is 0 Å². The van der Waals surface area contributed by atoms with Gasteiger partial charge in [-0.05, 0) is 56.9 Å². The normalized spacial score (nSPS) is 18.0. The lowest BCUT2D eigenvalue weighted by Crippen LogP contribution is -2.41. The number of rotatable bonds is 5. The molecule has 1 fully saturated rings. The van der Waals surface area contributed by atoms with Crippen LogP contribution in [0, 0.1) is 0 Å². The first-order valence-electron chi connectivity index (χ1n) is 9.04. The van der Waals surface area contributed by atoms with E-state index in [-0.39, 0.29) is 5.78 Å². The van der Waals surface area contributed by atoms with Crippen molar-refractivity contribution in [2.45, 2.75) is 38.9 Å². The van der Waals surface area contributed by atoms with E-state index in [0.717, 1.165) is 16.8 Å². The van der Waals surface area contributed by atoms with Crippen LogP contribution in [0.1, 0.15) is 43.6 Å². The zero-order valence-electron chi connectivity index (χ0n) is 16.5. The van der Waals surface area contributed by atoms with Gasteiger partial charge in [0.05, 0.1) is 18.3 Å². The van der Waals surface area contributed by atoms with Gasteiger partial charge in [0.25, 0.3) is 0 Å². The highest BCUT2D eigenvalue weighted by molar-refractivity contribution is 6.63. The maximum absolute atomic E-state index is 12.8. The number of benzene rings is 2. The highest BCUT2D eigenvalue weighted by Crippen LogP contribution is 2.36. The van der Waals surface area contributed by atoms with Crippen LogP contribution in [0.15, 0.2) is 54.6 Å². The summed E-state index contributed by atoms with van der Waals surface area (Å²) in [5.41, 5.74) is 1.32. The monoisotopic (exact) mass is 364 g/mol. The second-order valence-corrected chi connectivity index (χ2v) is 7.65. The summed E-state index contributed by atoms with van der Waals surface area (Å²) >= 11 is 0. The van der Waals surface area contributed by atoms with Crippen molar-refractivity contribution < 1.29 is 18.8 Å². The van der Waals surface area contributed by atoms with Crippen LogP contribution in [0.5, 0.6) is 5.75 Å². The highest BCUT2D eigenvalue weighted by Gasteiger charge is 2.52. The van der Waals surface area contributed by atoms with Gasteiger partial charge in [0.15, 0.2) is 5.78 Å². The van der Waals surface area contributed by atoms with E-state index in [2.05, 4.69) is 0 Å². The van der Waals surface area contributed by atoms with Crippen LogP contribution >= 0.6 is 0 Å². The summed E-state index contributed by atoms with van der Waals surface area (Å²) in [4.78, 5) is 12.8. The Morgan fingerprint density at radius 1 is 1.00 bits per heavy atom. The molecule has 0 atom stereocenters. The Balaban J connectivity index is 1.86. The predicted molar refractivity (Wildman–Crippen MR) is 109 cm³/mol. The molecule has 4 nitrogen and oxygen atoms in total. The van der Waals surface area contributed by atoms with Crippen molar-refractivity contribution in [1.29, 1.82) is 0 Å². The Hall–Kier alpha value is -2.37. The third-order valence-corrected chi connectivity index (χ3v) is 5.25. The first-order chi connectivity index (χ1) is 12.7. The first kappa shape index (κ1) is 19.4. The van der Waals surface area contributed by atoms with Gasteiger partial charge in [-0.3, -0.25) is 4.79 Å². The molecule has 2 aromatic carbocycles. The second kappa shape index (κ2) is 7.33. The number of allylic oxidation sites excluding steroid dienone is 1. The van der Waals surface area contributed by atoms with Crippen molar-refractivity contribution >= 4 is 24.4 Å². The number of carbonyl (C=O) groups is 1. The molecule has 3 rings (SSSR count). The van der Waals surface area contributed by atoms with Crippen LogP contribution in [-0.4, -0.2) is 31.2 Å². The number of hydrogen-bond donors (Lipinski definition) is 0. The minimum atomic E-state index is -0.569. The van der Waals surface area contributed by atoms with Gasteiger partial charge in [0.2, 0.25) is 0 Å². The maximum Gasteiger partial charge on any atom is 0.495 e. The summed E-state index contributed by atoms with van der Waals surface area (Å²) in [5.74, 6) is 0.658. The number of methoxy groups -OCH3 is 1. The summed E-state index contributed by atoms with van der Waals surface area (Å²) in [6, 6.07) is 15.0. The SMILES string of the molecule is COc1cccc(/C=C/C(=O)c2ccccc2B2OC(C)(C)C(C)(C)O2)c1. The zero-order valence-corrected chi connectivity index (χ0v) is 16.5. The second-order valence-electron chi connectivity index (χ2n) is 7.65. The fraction of sp³-hybridized carbons (Fsp3) is 0.318. The Kier molecular flexibility index (Phi) is 5.27. The van der Waals surface area contributed by atoms with Gasteiger partial charge in [-0.25, -0.2) is 0 Å². The molecule has 0 aliphatic carbocycles. The summed E-state index contributed by atoms with van der Waals surface area (Å²) < 4.78 is 17.5. The van der Waals surface area contributed by atoms with Crippen molar-refractivity contribution in [1.82, 2.24) is 0 Å². The average molecular weight is 364 g/mol. The number of ketones is 1. The van der Waals surface area contributed by atoms with Gasteiger partial charge >= 0.3 is 7.12 Å². The van der Waals surface area contributed by atoms with Gasteiger partial charge in [-0.15, -0.1) is 0 Å². The molecule has 0 N–H and O–H groups in total. The largest absolute Gasteiger partial charge is 0.497 e. The molecule has 0 spiro atoms. The first-order valence-corrected chi connectivity index (χ1v) is 9.04. The number of ether oxygens (including phenoxy) is 1. The van der Waals surface area contributed by atoms with E-state index in [4.69, 9.17) is 14.0 Å². The predicted octanol–water partition coefficient (Wildman–Crippen LogP) is 3.89. The lowest BCUT2D eigenvalue weighted by atomic mass is 9.75. The van der Waals surface area contributed by atoms with Crippen molar-refractivity contribution in [3.63, 3.8) is 0 Å². The lowest BCUT2D eigenvalue weighted by Gasteiger charge is -2.32. The zero-order chi connectivity index (χ0) is 19.7. The molecule has 0 bridgehead atoms. The molecule has 0 unspecified atom stereocenters. The Bertz CT molecular complexity index is 854. The molecule has 2 aromatic rings. The molecule has 5 heteroatoms. The van der Waals surface area contributed by atoms with E-state index in [1.54, 1.807) is 25.3 Å².